The summed E-state index contributed by atoms with van der Waals surface area (Å²) in [4.78, 5) is 0. The van der Waals surface area contributed by atoms with Gasteiger partial charge in [-0.2, -0.15) is 0 Å². The van der Waals surface area contributed by atoms with Gasteiger partial charge >= 0.3 is 0 Å². The van der Waals surface area contributed by atoms with E-state index in [0.717, 1.165) is 38.5 Å². The van der Waals surface area contributed by atoms with Crippen LogP contribution in [0.4, 0.5) is 0 Å². The first-order valence-electron chi connectivity index (χ1n) is 7.14. The van der Waals surface area contributed by atoms with E-state index in [1.54, 1.807) is 0 Å². The third kappa shape index (κ3) is 5.84. The molecular weight excluding hydrogens is 214 g/mol. The minimum atomic E-state index is -0.133. The van der Waals surface area contributed by atoms with Gasteiger partial charge in [-0.1, -0.05) is 26.2 Å². The number of ether oxygens (including phenoxy) is 1. The molecule has 0 saturated heterocycles. The highest BCUT2D eigenvalue weighted by molar-refractivity contribution is 4.81. The van der Waals surface area contributed by atoms with Crippen molar-refractivity contribution in [2.45, 2.75) is 57.9 Å². The number of aliphatic hydroxyl groups is 1. The maximum Gasteiger partial charge on any atom is 0.0610 e. The van der Waals surface area contributed by atoms with Crippen molar-refractivity contribution in [2.75, 3.05) is 26.4 Å². The van der Waals surface area contributed by atoms with Gasteiger partial charge in [0.15, 0.2) is 0 Å². The van der Waals surface area contributed by atoms with Gasteiger partial charge in [0.2, 0.25) is 0 Å². The molecule has 0 spiro atoms. The lowest BCUT2D eigenvalue weighted by molar-refractivity contribution is 0.0918. The number of likely N-dealkylation sites (N-methyl/N-ethyl adjacent to an activating group) is 1. The lowest BCUT2D eigenvalue weighted by atomic mass is 9.83. The predicted octanol–water partition coefficient (Wildman–Crippen LogP) is 2.33. The van der Waals surface area contributed by atoms with Gasteiger partial charge in [0.1, 0.15) is 0 Å². The molecule has 1 aliphatic rings. The fraction of sp³-hybridized carbons (Fsp3) is 1.00. The highest BCUT2D eigenvalue weighted by Crippen LogP contribution is 2.29. The molecule has 0 aliphatic heterocycles. The Balaban J connectivity index is 1.94. The van der Waals surface area contributed by atoms with Gasteiger partial charge in [0, 0.05) is 18.8 Å². The van der Waals surface area contributed by atoms with E-state index >= 15 is 0 Å². The molecule has 0 aromatic heterocycles. The van der Waals surface area contributed by atoms with Crippen molar-refractivity contribution in [3.8, 4) is 0 Å². The standard InChI is InChI=1S/C14H29NO2/c1-3-15-14(2,12-16)9-5-10-17-11-8-13-6-4-7-13/h13,15-16H,3-12H2,1-2H3. The van der Waals surface area contributed by atoms with Gasteiger partial charge in [-0.15, -0.1) is 0 Å². The molecular formula is C14H29NO2. The molecule has 1 rings (SSSR count). The van der Waals surface area contributed by atoms with Gasteiger partial charge in [0.25, 0.3) is 0 Å². The van der Waals surface area contributed by atoms with E-state index < -0.39 is 0 Å². The van der Waals surface area contributed by atoms with Crippen LogP contribution in [0, 0.1) is 5.92 Å². The number of rotatable bonds is 10. The molecule has 0 aromatic carbocycles. The highest BCUT2D eigenvalue weighted by atomic mass is 16.5. The zero-order chi connectivity index (χ0) is 12.6. The fourth-order valence-corrected chi connectivity index (χ4v) is 2.35. The van der Waals surface area contributed by atoms with E-state index in [0.29, 0.717) is 0 Å². The summed E-state index contributed by atoms with van der Waals surface area (Å²) in [6, 6.07) is 0. The number of aliphatic hydroxyl groups excluding tert-OH is 1. The predicted molar refractivity (Wildman–Crippen MR) is 71.2 cm³/mol. The first kappa shape index (κ1) is 14.9. The Morgan fingerprint density at radius 2 is 2.12 bits per heavy atom. The quantitative estimate of drug-likeness (QED) is 0.579. The Morgan fingerprint density at radius 3 is 2.65 bits per heavy atom. The molecule has 0 bridgehead atoms. The van der Waals surface area contributed by atoms with Crippen LogP contribution in [0.5, 0.6) is 0 Å². The third-order valence-electron chi connectivity index (χ3n) is 3.86. The average molecular weight is 243 g/mol. The third-order valence-corrected chi connectivity index (χ3v) is 3.86. The van der Waals surface area contributed by atoms with Gasteiger partial charge in [0.05, 0.1) is 6.61 Å². The highest BCUT2D eigenvalue weighted by Gasteiger charge is 2.21. The van der Waals surface area contributed by atoms with Crippen LogP contribution in [0.15, 0.2) is 0 Å². The molecule has 1 aliphatic carbocycles. The molecule has 3 nitrogen and oxygen atoms in total. The second-order valence-electron chi connectivity index (χ2n) is 5.55. The molecule has 1 saturated carbocycles. The second-order valence-corrected chi connectivity index (χ2v) is 5.55. The van der Waals surface area contributed by atoms with E-state index in [1.807, 2.05) is 0 Å². The Bertz CT molecular complexity index is 195. The molecule has 102 valence electrons. The van der Waals surface area contributed by atoms with E-state index in [1.165, 1.54) is 25.7 Å². The van der Waals surface area contributed by atoms with Crippen LogP contribution >= 0.6 is 0 Å². The molecule has 1 fully saturated rings. The SMILES string of the molecule is CCNC(C)(CO)CCCOCCC1CCC1. The summed E-state index contributed by atoms with van der Waals surface area (Å²) in [7, 11) is 0. The summed E-state index contributed by atoms with van der Waals surface area (Å²) in [5.74, 6) is 0.944. The zero-order valence-corrected chi connectivity index (χ0v) is 11.5. The lowest BCUT2D eigenvalue weighted by Gasteiger charge is -2.28. The minimum Gasteiger partial charge on any atom is -0.394 e. The largest absolute Gasteiger partial charge is 0.394 e. The maximum absolute atomic E-state index is 9.33. The van der Waals surface area contributed by atoms with Crippen molar-refractivity contribution >= 4 is 0 Å². The Kier molecular flexibility index (Phi) is 7.09. The maximum atomic E-state index is 9.33. The molecule has 0 aromatic rings. The van der Waals surface area contributed by atoms with Crippen LogP contribution < -0.4 is 5.32 Å². The summed E-state index contributed by atoms with van der Waals surface area (Å²) < 4.78 is 5.65. The van der Waals surface area contributed by atoms with Crippen LogP contribution in [0.25, 0.3) is 0 Å². The summed E-state index contributed by atoms with van der Waals surface area (Å²) in [6.45, 7) is 6.99. The van der Waals surface area contributed by atoms with Crippen LogP contribution in [0.3, 0.4) is 0 Å². The Hall–Kier alpha value is -0.120. The molecule has 0 heterocycles. The van der Waals surface area contributed by atoms with Crippen molar-refractivity contribution < 1.29 is 9.84 Å². The monoisotopic (exact) mass is 243 g/mol. The lowest BCUT2D eigenvalue weighted by Crippen LogP contribution is -2.45. The van der Waals surface area contributed by atoms with Gasteiger partial charge in [-0.25, -0.2) is 0 Å². The van der Waals surface area contributed by atoms with Crippen molar-refractivity contribution in [3.05, 3.63) is 0 Å². The van der Waals surface area contributed by atoms with Crippen LogP contribution in [-0.2, 0) is 4.74 Å². The zero-order valence-electron chi connectivity index (χ0n) is 11.5. The molecule has 3 heteroatoms. The molecule has 17 heavy (non-hydrogen) atoms. The van der Waals surface area contributed by atoms with Crippen molar-refractivity contribution in [2.24, 2.45) is 5.92 Å². The van der Waals surface area contributed by atoms with Gasteiger partial charge in [-0.3, -0.25) is 0 Å². The van der Waals surface area contributed by atoms with Crippen LogP contribution in [-0.4, -0.2) is 37.0 Å². The van der Waals surface area contributed by atoms with E-state index in [9.17, 15) is 5.11 Å². The Labute approximate surface area is 106 Å². The van der Waals surface area contributed by atoms with Crippen LogP contribution in [0.2, 0.25) is 0 Å². The van der Waals surface area contributed by atoms with E-state index in [4.69, 9.17) is 4.74 Å². The van der Waals surface area contributed by atoms with Crippen molar-refractivity contribution in [1.82, 2.24) is 5.32 Å². The van der Waals surface area contributed by atoms with Crippen molar-refractivity contribution in [1.29, 1.82) is 0 Å². The summed E-state index contributed by atoms with van der Waals surface area (Å²) in [5.41, 5.74) is -0.133. The molecule has 1 unspecified atom stereocenters. The van der Waals surface area contributed by atoms with Gasteiger partial charge < -0.3 is 15.2 Å². The first-order chi connectivity index (χ1) is 8.20. The minimum absolute atomic E-state index is 0.133. The smallest absolute Gasteiger partial charge is 0.0610 e. The molecule has 2 N–H and O–H groups in total. The summed E-state index contributed by atoms with van der Waals surface area (Å²) in [6.07, 6.45) is 7.47. The van der Waals surface area contributed by atoms with Gasteiger partial charge in [-0.05, 0) is 38.6 Å². The number of nitrogens with one attached hydrogen (secondary N) is 1. The summed E-state index contributed by atoms with van der Waals surface area (Å²) in [5, 5.41) is 12.7. The average Bonchev–Trinajstić information content (AvgIpc) is 2.26. The summed E-state index contributed by atoms with van der Waals surface area (Å²) >= 11 is 0. The molecule has 0 amide bonds. The first-order valence-corrected chi connectivity index (χ1v) is 7.14. The topological polar surface area (TPSA) is 41.5 Å². The fourth-order valence-electron chi connectivity index (χ4n) is 2.35. The molecule has 0 radical (unpaired) electrons. The van der Waals surface area contributed by atoms with E-state index in [2.05, 4.69) is 19.2 Å². The molecule has 1 atom stereocenters. The number of hydrogen-bond donors (Lipinski definition) is 2. The van der Waals surface area contributed by atoms with Crippen molar-refractivity contribution in [3.63, 3.8) is 0 Å². The van der Waals surface area contributed by atoms with E-state index in [-0.39, 0.29) is 12.1 Å². The Morgan fingerprint density at radius 1 is 1.35 bits per heavy atom. The normalized spacial score (nSPS) is 19.9. The second kappa shape index (κ2) is 8.06. The van der Waals surface area contributed by atoms with Crippen LogP contribution in [0.1, 0.15) is 52.4 Å². The number of hydrogen-bond acceptors (Lipinski definition) is 3.